The van der Waals surface area contributed by atoms with Crippen LogP contribution in [0.25, 0.3) is 0 Å². The summed E-state index contributed by atoms with van der Waals surface area (Å²) in [6.07, 6.45) is 3.37. The first-order chi connectivity index (χ1) is 12.1. The largest absolute Gasteiger partial charge is 0.327 e. The fraction of sp³-hybridized carbons (Fsp3) is 0.474. The molecule has 2 aliphatic rings. The van der Waals surface area contributed by atoms with E-state index in [4.69, 9.17) is 0 Å². The summed E-state index contributed by atoms with van der Waals surface area (Å²) in [4.78, 5) is 26.2. The zero-order valence-corrected chi connectivity index (χ0v) is 14.4. The summed E-state index contributed by atoms with van der Waals surface area (Å²) < 4.78 is 0. The van der Waals surface area contributed by atoms with Gasteiger partial charge in [0.2, 0.25) is 11.8 Å². The van der Waals surface area contributed by atoms with Gasteiger partial charge in [0.25, 0.3) is 0 Å². The lowest BCUT2D eigenvalue weighted by Gasteiger charge is -2.43. The molecular weight excluding hydrogens is 316 g/mol. The second kappa shape index (κ2) is 7.06. The number of nitrogens with zero attached hydrogens (tertiary/aromatic N) is 4. The minimum absolute atomic E-state index is 0.117. The maximum absolute atomic E-state index is 12.3. The lowest BCUT2D eigenvalue weighted by molar-refractivity contribution is -0.140. The molecule has 0 atom stereocenters. The van der Waals surface area contributed by atoms with Gasteiger partial charge in [0.15, 0.2) is 0 Å². The molecule has 0 radical (unpaired) electrons. The fourth-order valence-electron chi connectivity index (χ4n) is 3.25. The summed E-state index contributed by atoms with van der Waals surface area (Å²) in [5.41, 5.74) is 1.26. The van der Waals surface area contributed by atoms with E-state index >= 15 is 0 Å². The Morgan fingerprint density at radius 2 is 2.00 bits per heavy atom. The third-order valence-electron chi connectivity index (χ3n) is 5.15. The normalized spacial score (nSPS) is 18.1. The highest BCUT2D eigenvalue weighted by atomic mass is 16.2. The average molecular weight is 338 g/mol. The summed E-state index contributed by atoms with van der Waals surface area (Å²) >= 11 is 0. The second-order valence-electron chi connectivity index (χ2n) is 6.63. The molecule has 3 rings (SSSR count). The number of benzene rings is 1. The van der Waals surface area contributed by atoms with Crippen LogP contribution in [0.3, 0.4) is 0 Å². The number of hydrogen-bond acceptors (Lipinski definition) is 4. The van der Waals surface area contributed by atoms with Crippen LogP contribution in [-0.2, 0) is 9.59 Å². The van der Waals surface area contributed by atoms with Crippen LogP contribution in [0.4, 0.5) is 0 Å². The third kappa shape index (κ3) is 3.41. The molecule has 1 heterocycles. The Morgan fingerprint density at radius 3 is 2.60 bits per heavy atom. The molecule has 0 unspecified atom stereocenters. The number of rotatable bonds is 5. The second-order valence-corrected chi connectivity index (χ2v) is 6.63. The monoisotopic (exact) mass is 338 g/mol. The first kappa shape index (κ1) is 17.2. The first-order valence-corrected chi connectivity index (χ1v) is 8.67. The van der Waals surface area contributed by atoms with Gasteiger partial charge in [-0.1, -0.05) is 30.3 Å². The zero-order chi connectivity index (χ0) is 17.9. The van der Waals surface area contributed by atoms with E-state index in [0.717, 1.165) is 37.0 Å². The number of carbonyl (C=O) groups is 2. The van der Waals surface area contributed by atoms with Crippen LogP contribution in [0, 0.1) is 11.3 Å². The summed E-state index contributed by atoms with van der Waals surface area (Å²) in [5.74, 6) is -0.298. The van der Waals surface area contributed by atoms with E-state index in [0.29, 0.717) is 6.54 Å². The molecule has 0 bridgehead atoms. The van der Waals surface area contributed by atoms with Crippen LogP contribution in [0.15, 0.2) is 35.4 Å². The number of hydrazone groups is 1. The number of amides is 2. The van der Waals surface area contributed by atoms with Crippen molar-refractivity contribution in [2.24, 2.45) is 5.10 Å². The molecule has 0 N–H and O–H groups in total. The van der Waals surface area contributed by atoms with Crippen molar-refractivity contribution in [1.82, 2.24) is 9.91 Å². The van der Waals surface area contributed by atoms with Gasteiger partial charge < -0.3 is 4.90 Å². The minimum atomic E-state index is -0.660. The van der Waals surface area contributed by atoms with E-state index in [1.807, 2.05) is 30.3 Å². The SMILES string of the molecule is CN(C(=O)CCC(=O)N1CCC(c2ccccc2)=N1)C1(C#N)CCC1. The van der Waals surface area contributed by atoms with E-state index in [-0.39, 0.29) is 24.7 Å². The lowest BCUT2D eigenvalue weighted by atomic mass is 9.76. The number of hydrogen-bond donors (Lipinski definition) is 0. The Bertz CT molecular complexity index is 732. The van der Waals surface area contributed by atoms with E-state index < -0.39 is 5.54 Å². The van der Waals surface area contributed by atoms with Gasteiger partial charge >= 0.3 is 0 Å². The molecule has 1 aromatic carbocycles. The number of nitriles is 1. The van der Waals surface area contributed by atoms with Crippen LogP contribution < -0.4 is 0 Å². The quantitative estimate of drug-likeness (QED) is 0.826. The molecule has 1 saturated carbocycles. The van der Waals surface area contributed by atoms with Crippen molar-refractivity contribution >= 4 is 17.5 Å². The van der Waals surface area contributed by atoms with Gasteiger partial charge in [0.05, 0.1) is 18.3 Å². The molecule has 1 fully saturated rings. The van der Waals surface area contributed by atoms with Gasteiger partial charge in [0, 0.05) is 26.3 Å². The Kier molecular flexibility index (Phi) is 4.84. The summed E-state index contributed by atoms with van der Waals surface area (Å²) in [6.45, 7) is 0.551. The smallest absolute Gasteiger partial charge is 0.243 e. The Hall–Kier alpha value is -2.68. The predicted octanol–water partition coefficient (Wildman–Crippen LogP) is 2.31. The highest BCUT2D eigenvalue weighted by molar-refractivity contribution is 6.02. The Labute approximate surface area is 147 Å². The van der Waals surface area contributed by atoms with Crippen molar-refractivity contribution in [3.05, 3.63) is 35.9 Å². The van der Waals surface area contributed by atoms with Crippen molar-refractivity contribution < 1.29 is 9.59 Å². The van der Waals surface area contributed by atoms with Gasteiger partial charge in [-0.05, 0) is 24.8 Å². The van der Waals surface area contributed by atoms with Crippen molar-refractivity contribution in [2.45, 2.75) is 44.1 Å². The van der Waals surface area contributed by atoms with Gasteiger partial charge in [-0.15, -0.1) is 0 Å². The van der Waals surface area contributed by atoms with Crippen molar-refractivity contribution in [3.63, 3.8) is 0 Å². The predicted molar refractivity (Wildman–Crippen MR) is 93.5 cm³/mol. The van der Waals surface area contributed by atoms with E-state index in [1.165, 1.54) is 9.91 Å². The lowest BCUT2D eigenvalue weighted by Crippen LogP contribution is -2.53. The molecule has 1 aliphatic carbocycles. The van der Waals surface area contributed by atoms with Gasteiger partial charge in [0.1, 0.15) is 5.54 Å². The van der Waals surface area contributed by atoms with Crippen LogP contribution in [-0.4, -0.2) is 46.6 Å². The van der Waals surface area contributed by atoms with Crippen molar-refractivity contribution in [3.8, 4) is 6.07 Å². The maximum atomic E-state index is 12.3. The van der Waals surface area contributed by atoms with Crippen molar-refractivity contribution in [1.29, 1.82) is 5.26 Å². The van der Waals surface area contributed by atoms with Crippen LogP contribution in [0.5, 0.6) is 0 Å². The highest BCUT2D eigenvalue weighted by Crippen LogP contribution is 2.36. The topological polar surface area (TPSA) is 76.8 Å². The molecule has 2 amide bonds. The van der Waals surface area contributed by atoms with Crippen LogP contribution in [0.1, 0.15) is 44.1 Å². The molecule has 0 saturated heterocycles. The zero-order valence-electron chi connectivity index (χ0n) is 14.4. The highest BCUT2D eigenvalue weighted by Gasteiger charge is 2.43. The van der Waals surface area contributed by atoms with E-state index in [1.54, 1.807) is 7.05 Å². The molecule has 0 aromatic heterocycles. The van der Waals surface area contributed by atoms with Crippen molar-refractivity contribution in [2.75, 3.05) is 13.6 Å². The summed E-state index contributed by atoms with van der Waals surface area (Å²) in [7, 11) is 1.66. The van der Waals surface area contributed by atoms with Crippen LogP contribution >= 0.6 is 0 Å². The summed E-state index contributed by atoms with van der Waals surface area (Å²) in [6, 6.07) is 12.0. The molecule has 6 heteroatoms. The van der Waals surface area contributed by atoms with E-state index in [9.17, 15) is 14.9 Å². The van der Waals surface area contributed by atoms with Gasteiger partial charge in [-0.3, -0.25) is 9.59 Å². The minimum Gasteiger partial charge on any atom is -0.327 e. The first-order valence-electron chi connectivity index (χ1n) is 8.67. The van der Waals surface area contributed by atoms with Gasteiger partial charge in [-0.2, -0.15) is 10.4 Å². The molecule has 0 spiro atoms. The fourth-order valence-corrected chi connectivity index (χ4v) is 3.25. The Morgan fingerprint density at radius 1 is 1.28 bits per heavy atom. The van der Waals surface area contributed by atoms with E-state index in [2.05, 4.69) is 11.2 Å². The number of carbonyl (C=O) groups excluding carboxylic acids is 2. The molecule has 25 heavy (non-hydrogen) atoms. The molecule has 6 nitrogen and oxygen atoms in total. The molecule has 1 aliphatic heterocycles. The average Bonchev–Trinajstić information content (AvgIpc) is 3.10. The molecular formula is C19H22N4O2. The molecule has 130 valence electrons. The standard InChI is InChI=1S/C19H22N4O2/c1-22(19(14-20)11-5-12-19)17(24)8-9-18(25)23-13-10-16(21-23)15-6-3-2-4-7-15/h2-4,6-7H,5,8-13H2,1H3. The summed E-state index contributed by atoms with van der Waals surface area (Å²) in [5, 5.41) is 15.2. The maximum Gasteiger partial charge on any atom is 0.243 e. The third-order valence-corrected chi connectivity index (χ3v) is 5.15. The van der Waals surface area contributed by atoms with Gasteiger partial charge in [-0.25, -0.2) is 5.01 Å². The van der Waals surface area contributed by atoms with Crippen LogP contribution in [0.2, 0.25) is 0 Å². The Balaban J connectivity index is 1.54. The molecule has 1 aromatic rings.